The highest BCUT2D eigenvalue weighted by molar-refractivity contribution is 5.60. The van der Waals surface area contributed by atoms with Crippen LogP contribution in [0.25, 0.3) is 0 Å². The molecule has 0 aliphatic carbocycles. The van der Waals surface area contributed by atoms with E-state index in [2.05, 4.69) is 30.1 Å². The largest absolute Gasteiger partial charge is 0.495 e. The molecule has 0 radical (unpaired) electrons. The number of likely N-dealkylation sites (tertiary alicyclic amines) is 1. The molecule has 4 heteroatoms. The van der Waals surface area contributed by atoms with Gasteiger partial charge in [0.2, 0.25) is 0 Å². The van der Waals surface area contributed by atoms with Gasteiger partial charge in [-0.1, -0.05) is 0 Å². The Kier molecular flexibility index (Phi) is 4.28. The molecule has 1 aliphatic rings. The number of ether oxygens (including phenoxy) is 1. The normalized spacial score (nSPS) is 19.4. The molecule has 1 unspecified atom stereocenters. The average molecular weight is 259 g/mol. The fourth-order valence-corrected chi connectivity index (χ4v) is 2.47. The van der Waals surface area contributed by atoms with E-state index >= 15 is 0 Å². The molecule has 0 amide bonds. The van der Waals surface area contributed by atoms with Crippen LogP contribution >= 0.6 is 0 Å². The number of benzene rings is 1. The van der Waals surface area contributed by atoms with Gasteiger partial charge in [0.05, 0.1) is 24.4 Å². The summed E-state index contributed by atoms with van der Waals surface area (Å²) in [6.07, 6.45) is 1.14. The molecule has 1 aromatic rings. The number of nitrogens with zero attached hydrogens (tertiary/aromatic N) is 2. The molecule has 1 N–H and O–H groups in total. The second-order valence-corrected chi connectivity index (χ2v) is 5.25. The van der Waals surface area contributed by atoms with Crippen LogP contribution in [0, 0.1) is 11.3 Å². The van der Waals surface area contributed by atoms with Crippen LogP contribution in [0.2, 0.25) is 0 Å². The lowest BCUT2D eigenvalue weighted by Crippen LogP contribution is -2.31. The van der Waals surface area contributed by atoms with Crippen LogP contribution < -0.4 is 10.1 Å². The molecule has 0 saturated carbocycles. The first-order valence-corrected chi connectivity index (χ1v) is 6.72. The molecule has 4 nitrogen and oxygen atoms in total. The Hall–Kier alpha value is -1.73. The maximum absolute atomic E-state index is 8.90. The van der Waals surface area contributed by atoms with Crippen molar-refractivity contribution < 1.29 is 4.74 Å². The molecule has 0 spiro atoms. The lowest BCUT2D eigenvalue weighted by Gasteiger charge is -2.21. The minimum atomic E-state index is 0.448. The predicted molar refractivity (Wildman–Crippen MR) is 76.4 cm³/mol. The number of methoxy groups -OCH3 is 1. The predicted octanol–water partition coefficient (Wildman–Crippen LogP) is 2.46. The third-order valence-electron chi connectivity index (χ3n) is 3.64. The van der Waals surface area contributed by atoms with Crippen molar-refractivity contribution in [1.82, 2.24) is 4.90 Å². The molecule has 1 fully saturated rings. The van der Waals surface area contributed by atoms with Gasteiger partial charge in [0.25, 0.3) is 0 Å². The second-order valence-electron chi connectivity index (χ2n) is 5.25. The summed E-state index contributed by atoms with van der Waals surface area (Å²) in [5.74, 6) is 0.738. The fraction of sp³-hybridized carbons (Fsp3) is 0.533. The van der Waals surface area contributed by atoms with E-state index in [-0.39, 0.29) is 0 Å². The summed E-state index contributed by atoms with van der Waals surface area (Å²) in [5.41, 5.74) is 1.59. The lowest BCUT2D eigenvalue weighted by atomic mass is 10.1. The molecule has 1 aliphatic heterocycles. The Bertz CT molecular complexity index is 479. The van der Waals surface area contributed by atoms with E-state index in [1.807, 2.05) is 12.1 Å². The van der Waals surface area contributed by atoms with Gasteiger partial charge in [-0.05, 0) is 32.4 Å². The molecule has 1 saturated heterocycles. The molecule has 1 atom stereocenters. The molecule has 1 aromatic carbocycles. The summed E-state index contributed by atoms with van der Waals surface area (Å²) in [7, 11) is 1.64. The highest BCUT2D eigenvalue weighted by Crippen LogP contribution is 2.27. The van der Waals surface area contributed by atoms with E-state index in [0.717, 1.165) is 30.9 Å². The number of nitrogens with one attached hydrogen (secondary N) is 1. The van der Waals surface area contributed by atoms with Gasteiger partial charge in [0.15, 0.2) is 0 Å². The third-order valence-corrected chi connectivity index (χ3v) is 3.64. The number of anilines is 1. The molecule has 2 rings (SSSR count). The Morgan fingerprint density at radius 3 is 2.84 bits per heavy atom. The maximum atomic E-state index is 8.90. The van der Waals surface area contributed by atoms with Gasteiger partial charge in [0.1, 0.15) is 5.75 Å². The smallest absolute Gasteiger partial charge is 0.143 e. The summed E-state index contributed by atoms with van der Waals surface area (Å²) in [6, 6.07) is 8.69. The van der Waals surface area contributed by atoms with Crippen molar-refractivity contribution in [3.63, 3.8) is 0 Å². The Morgan fingerprint density at radius 1 is 1.47 bits per heavy atom. The van der Waals surface area contributed by atoms with E-state index in [1.54, 1.807) is 13.2 Å². The molecule has 0 aromatic heterocycles. The SMILES string of the molecule is COc1cc(C#N)ccc1NC1CCN(C(C)C)C1. The zero-order chi connectivity index (χ0) is 13.8. The highest BCUT2D eigenvalue weighted by atomic mass is 16.5. The van der Waals surface area contributed by atoms with Gasteiger partial charge in [-0.2, -0.15) is 5.26 Å². The van der Waals surface area contributed by atoms with Crippen LogP contribution in [0.4, 0.5) is 5.69 Å². The molecular formula is C15H21N3O. The van der Waals surface area contributed by atoms with Crippen molar-refractivity contribution in [3.05, 3.63) is 23.8 Å². The standard InChI is InChI=1S/C15H21N3O/c1-11(2)18-7-6-13(10-18)17-14-5-4-12(9-16)8-15(14)19-3/h4-5,8,11,13,17H,6-7,10H2,1-3H3. The van der Waals surface area contributed by atoms with E-state index in [4.69, 9.17) is 10.00 Å². The van der Waals surface area contributed by atoms with Gasteiger partial charge in [-0.3, -0.25) is 4.90 Å². The van der Waals surface area contributed by atoms with Crippen LogP contribution in [0.15, 0.2) is 18.2 Å². The van der Waals surface area contributed by atoms with E-state index < -0.39 is 0 Å². The topological polar surface area (TPSA) is 48.3 Å². The summed E-state index contributed by atoms with van der Waals surface area (Å²) in [5, 5.41) is 12.4. The number of nitriles is 1. The number of rotatable bonds is 4. The number of hydrogen-bond donors (Lipinski definition) is 1. The van der Waals surface area contributed by atoms with Crippen LogP contribution in [-0.4, -0.2) is 37.2 Å². The van der Waals surface area contributed by atoms with E-state index in [0.29, 0.717) is 17.6 Å². The summed E-state index contributed by atoms with van der Waals surface area (Å²) in [4.78, 5) is 2.47. The van der Waals surface area contributed by atoms with E-state index in [9.17, 15) is 0 Å². The fourth-order valence-electron chi connectivity index (χ4n) is 2.47. The van der Waals surface area contributed by atoms with Crippen molar-refractivity contribution >= 4 is 5.69 Å². The minimum absolute atomic E-state index is 0.448. The van der Waals surface area contributed by atoms with Crippen LogP contribution in [0.5, 0.6) is 5.75 Å². The van der Waals surface area contributed by atoms with Gasteiger partial charge in [0, 0.05) is 31.2 Å². The van der Waals surface area contributed by atoms with Crippen LogP contribution in [-0.2, 0) is 0 Å². The minimum Gasteiger partial charge on any atom is -0.495 e. The first kappa shape index (κ1) is 13.7. The van der Waals surface area contributed by atoms with E-state index in [1.165, 1.54) is 0 Å². The van der Waals surface area contributed by atoms with Gasteiger partial charge >= 0.3 is 0 Å². The van der Waals surface area contributed by atoms with Crippen LogP contribution in [0.3, 0.4) is 0 Å². The first-order chi connectivity index (χ1) is 9.13. The van der Waals surface area contributed by atoms with Gasteiger partial charge in [-0.25, -0.2) is 0 Å². The Labute approximate surface area is 115 Å². The van der Waals surface area contributed by atoms with Gasteiger partial charge in [-0.15, -0.1) is 0 Å². The summed E-state index contributed by atoms with van der Waals surface area (Å²) in [6.45, 7) is 6.64. The lowest BCUT2D eigenvalue weighted by molar-refractivity contribution is 0.274. The average Bonchev–Trinajstić information content (AvgIpc) is 2.88. The van der Waals surface area contributed by atoms with Crippen molar-refractivity contribution in [3.8, 4) is 11.8 Å². The quantitative estimate of drug-likeness (QED) is 0.902. The third kappa shape index (κ3) is 3.18. The molecule has 1 heterocycles. The molecule has 0 bridgehead atoms. The monoisotopic (exact) mass is 259 g/mol. The summed E-state index contributed by atoms with van der Waals surface area (Å²) >= 11 is 0. The van der Waals surface area contributed by atoms with Crippen molar-refractivity contribution in [2.45, 2.75) is 32.4 Å². The van der Waals surface area contributed by atoms with Crippen molar-refractivity contribution in [1.29, 1.82) is 5.26 Å². The number of hydrogen-bond acceptors (Lipinski definition) is 4. The Morgan fingerprint density at radius 2 is 2.26 bits per heavy atom. The Balaban J connectivity index is 2.06. The highest BCUT2D eigenvalue weighted by Gasteiger charge is 2.24. The first-order valence-electron chi connectivity index (χ1n) is 6.72. The van der Waals surface area contributed by atoms with Crippen molar-refractivity contribution in [2.75, 3.05) is 25.5 Å². The van der Waals surface area contributed by atoms with Crippen molar-refractivity contribution in [2.24, 2.45) is 0 Å². The zero-order valence-corrected chi connectivity index (χ0v) is 11.8. The molecule has 19 heavy (non-hydrogen) atoms. The van der Waals surface area contributed by atoms with Gasteiger partial charge < -0.3 is 10.1 Å². The molecular weight excluding hydrogens is 238 g/mol. The summed E-state index contributed by atoms with van der Waals surface area (Å²) < 4.78 is 5.35. The molecule has 102 valence electrons. The zero-order valence-electron chi connectivity index (χ0n) is 11.8. The second kappa shape index (κ2) is 5.94. The van der Waals surface area contributed by atoms with Crippen LogP contribution in [0.1, 0.15) is 25.8 Å². The maximum Gasteiger partial charge on any atom is 0.143 e.